The van der Waals surface area contributed by atoms with Crippen molar-refractivity contribution in [3.05, 3.63) is 29.0 Å². The van der Waals surface area contributed by atoms with Gasteiger partial charge in [0.05, 0.1) is 23.9 Å². The van der Waals surface area contributed by atoms with Crippen LogP contribution in [0.25, 0.3) is 0 Å². The lowest BCUT2D eigenvalue weighted by Crippen LogP contribution is -2.44. The van der Waals surface area contributed by atoms with Crippen LogP contribution in [-0.4, -0.2) is 38.5 Å². The summed E-state index contributed by atoms with van der Waals surface area (Å²) in [6, 6.07) is -0.300. The molecule has 0 aliphatic carbocycles. The number of hydrogen-bond donors (Lipinski definition) is 1. The molecule has 3 heterocycles. The molecule has 24 heavy (non-hydrogen) atoms. The number of amides is 2. The van der Waals surface area contributed by atoms with Crippen molar-refractivity contribution in [3.8, 4) is 0 Å². The number of nitrogens with zero attached hydrogens (tertiary/aromatic N) is 4. The Balaban J connectivity index is 1.83. The van der Waals surface area contributed by atoms with Crippen molar-refractivity contribution in [2.45, 2.75) is 32.2 Å². The van der Waals surface area contributed by atoms with E-state index in [1.807, 2.05) is 25.5 Å². The van der Waals surface area contributed by atoms with Gasteiger partial charge in [-0.05, 0) is 12.8 Å². The summed E-state index contributed by atoms with van der Waals surface area (Å²) in [4.78, 5) is 31.0. The number of nitrogens with one attached hydrogen (secondary N) is 1. The van der Waals surface area contributed by atoms with Gasteiger partial charge in [0.15, 0.2) is 5.13 Å². The standard InChI is InChI=1S/C16H21N5O2S/c1-4-11-9-24-16(18-11)19-15(23)12-5-6-13(22)21(3)14(12)10-7-17-20(2)8-10/h7-9,12,14H,4-6H2,1-3H3,(H,18,19,23)/t12-,14+/m0/s1. The molecule has 1 fully saturated rings. The number of piperidine rings is 1. The third-order valence-corrected chi connectivity index (χ3v) is 5.21. The fourth-order valence-corrected chi connectivity index (χ4v) is 3.88. The fraction of sp³-hybridized carbons (Fsp3) is 0.500. The van der Waals surface area contributed by atoms with Crippen LogP contribution in [0.5, 0.6) is 0 Å². The Morgan fingerprint density at radius 1 is 1.46 bits per heavy atom. The number of likely N-dealkylation sites (tertiary alicyclic amines) is 1. The van der Waals surface area contributed by atoms with Crippen molar-refractivity contribution >= 4 is 28.3 Å². The molecule has 3 rings (SSSR count). The zero-order valence-corrected chi connectivity index (χ0v) is 14.8. The first-order valence-corrected chi connectivity index (χ1v) is 8.87. The summed E-state index contributed by atoms with van der Waals surface area (Å²) in [7, 11) is 3.57. The third kappa shape index (κ3) is 3.19. The summed E-state index contributed by atoms with van der Waals surface area (Å²) in [5.74, 6) is -0.360. The molecule has 0 bridgehead atoms. The lowest BCUT2D eigenvalue weighted by atomic mass is 9.85. The molecule has 0 saturated carbocycles. The molecule has 2 atom stereocenters. The van der Waals surface area contributed by atoms with Crippen molar-refractivity contribution in [3.63, 3.8) is 0 Å². The van der Waals surface area contributed by atoms with E-state index in [0.717, 1.165) is 17.7 Å². The fourth-order valence-electron chi connectivity index (χ4n) is 3.09. The highest BCUT2D eigenvalue weighted by molar-refractivity contribution is 7.13. The Kier molecular flexibility index (Phi) is 4.66. The van der Waals surface area contributed by atoms with Gasteiger partial charge in [-0.3, -0.25) is 14.3 Å². The molecule has 7 nitrogen and oxygen atoms in total. The van der Waals surface area contributed by atoms with Crippen LogP contribution in [0.15, 0.2) is 17.8 Å². The molecule has 1 aliphatic heterocycles. The van der Waals surface area contributed by atoms with E-state index in [0.29, 0.717) is 18.0 Å². The Morgan fingerprint density at radius 2 is 2.25 bits per heavy atom. The van der Waals surface area contributed by atoms with E-state index >= 15 is 0 Å². The zero-order chi connectivity index (χ0) is 17.3. The highest BCUT2D eigenvalue weighted by Gasteiger charge is 2.39. The van der Waals surface area contributed by atoms with Gasteiger partial charge < -0.3 is 10.2 Å². The monoisotopic (exact) mass is 347 g/mol. The highest BCUT2D eigenvalue weighted by atomic mass is 32.1. The number of carbonyl (C=O) groups excluding carboxylic acids is 2. The topological polar surface area (TPSA) is 80.1 Å². The Bertz CT molecular complexity index is 753. The van der Waals surface area contributed by atoms with E-state index in [-0.39, 0.29) is 23.8 Å². The summed E-state index contributed by atoms with van der Waals surface area (Å²) >= 11 is 1.43. The number of hydrogen-bond acceptors (Lipinski definition) is 5. The quantitative estimate of drug-likeness (QED) is 0.917. The summed E-state index contributed by atoms with van der Waals surface area (Å²) in [5.41, 5.74) is 1.84. The van der Waals surface area contributed by atoms with Crippen molar-refractivity contribution in [1.82, 2.24) is 19.7 Å². The van der Waals surface area contributed by atoms with E-state index in [1.165, 1.54) is 11.3 Å². The predicted molar refractivity (Wildman–Crippen MR) is 91.6 cm³/mol. The van der Waals surface area contributed by atoms with Crippen molar-refractivity contribution in [1.29, 1.82) is 0 Å². The number of aryl methyl sites for hydroxylation is 2. The molecule has 1 saturated heterocycles. The number of thiazole rings is 1. The third-order valence-electron chi connectivity index (χ3n) is 4.41. The minimum Gasteiger partial charge on any atom is -0.338 e. The van der Waals surface area contributed by atoms with Gasteiger partial charge in [0.1, 0.15) is 0 Å². The van der Waals surface area contributed by atoms with E-state index in [4.69, 9.17) is 0 Å². The molecule has 0 radical (unpaired) electrons. The number of anilines is 1. The van der Waals surface area contributed by atoms with Crippen LogP contribution in [0, 0.1) is 5.92 Å². The molecule has 0 aromatic carbocycles. The SMILES string of the molecule is CCc1csc(NC(=O)[C@H]2CCC(=O)N(C)[C@@H]2c2cnn(C)c2)n1. The molecule has 2 aromatic heterocycles. The molecule has 1 aliphatic rings. The van der Waals surface area contributed by atoms with E-state index in [9.17, 15) is 9.59 Å². The molecule has 0 unspecified atom stereocenters. The molecule has 8 heteroatoms. The second-order valence-corrected chi connectivity index (χ2v) is 6.89. The van der Waals surface area contributed by atoms with Crippen LogP contribution in [0.3, 0.4) is 0 Å². The van der Waals surface area contributed by atoms with Gasteiger partial charge in [-0.15, -0.1) is 11.3 Å². The average molecular weight is 347 g/mol. The van der Waals surface area contributed by atoms with Gasteiger partial charge in [-0.25, -0.2) is 4.98 Å². The smallest absolute Gasteiger partial charge is 0.231 e. The lowest BCUT2D eigenvalue weighted by molar-refractivity contribution is -0.140. The van der Waals surface area contributed by atoms with Gasteiger partial charge >= 0.3 is 0 Å². The maximum atomic E-state index is 12.8. The van der Waals surface area contributed by atoms with Crippen molar-refractivity contribution in [2.24, 2.45) is 13.0 Å². The summed E-state index contributed by atoms with van der Waals surface area (Å²) < 4.78 is 1.69. The van der Waals surface area contributed by atoms with E-state index in [1.54, 1.807) is 22.8 Å². The average Bonchev–Trinajstić information content (AvgIpc) is 3.18. The number of aromatic nitrogens is 3. The van der Waals surface area contributed by atoms with Gasteiger partial charge in [0.25, 0.3) is 0 Å². The van der Waals surface area contributed by atoms with Crippen LogP contribution < -0.4 is 5.32 Å². The molecule has 1 N–H and O–H groups in total. The Hall–Kier alpha value is -2.22. The van der Waals surface area contributed by atoms with Crippen LogP contribution in [0.2, 0.25) is 0 Å². The first-order valence-electron chi connectivity index (χ1n) is 7.99. The second kappa shape index (κ2) is 6.72. The predicted octanol–water partition coefficient (Wildman–Crippen LogP) is 1.99. The minimum absolute atomic E-state index is 0.0513. The Morgan fingerprint density at radius 3 is 2.88 bits per heavy atom. The van der Waals surface area contributed by atoms with E-state index < -0.39 is 0 Å². The number of carbonyl (C=O) groups is 2. The molecular formula is C16H21N5O2S. The maximum Gasteiger partial charge on any atom is 0.231 e. The van der Waals surface area contributed by atoms with Crippen LogP contribution in [0.1, 0.15) is 37.1 Å². The normalized spacial score (nSPS) is 21.1. The summed E-state index contributed by atoms with van der Waals surface area (Å²) in [6.07, 6.45) is 5.33. The van der Waals surface area contributed by atoms with Crippen LogP contribution >= 0.6 is 11.3 Å². The molecule has 0 spiro atoms. The van der Waals surface area contributed by atoms with Crippen LogP contribution in [-0.2, 0) is 23.1 Å². The summed E-state index contributed by atoms with van der Waals surface area (Å²) in [6.45, 7) is 2.03. The molecular weight excluding hydrogens is 326 g/mol. The van der Waals surface area contributed by atoms with E-state index in [2.05, 4.69) is 15.4 Å². The largest absolute Gasteiger partial charge is 0.338 e. The Labute approximate surface area is 144 Å². The molecule has 2 aromatic rings. The van der Waals surface area contributed by atoms with Gasteiger partial charge in [0, 0.05) is 37.7 Å². The molecule has 128 valence electrons. The van der Waals surface area contributed by atoms with Gasteiger partial charge in [0.2, 0.25) is 11.8 Å². The van der Waals surface area contributed by atoms with Crippen molar-refractivity contribution in [2.75, 3.05) is 12.4 Å². The maximum absolute atomic E-state index is 12.8. The van der Waals surface area contributed by atoms with Crippen molar-refractivity contribution < 1.29 is 9.59 Å². The van der Waals surface area contributed by atoms with Gasteiger partial charge in [-0.1, -0.05) is 6.92 Å². The van der Waals surface area contributed by atoms with Gasteiger partial charge in [-0.2, -0.15) is 5.10 Å². The van der Waals surface area contributed by atoms with Crippen LogP contribution in [0.4, 0.5) is 5.13 Å². The first-order chi connectivity index (χ1) is 11.5. The zero-order valence-electron chi connectivity index (χ0n) is 14.0. The highest BCUT2D eigenvalue weighted by Crippen LogP contribution is 2.36. The second-order valence-electron chi connectivity index (χ2n) is 6.03. The molecule has 2 amide bonds. The lowest BCUT2D eigenvalue weighted by Gasteiger charge is -2.37. The number of rotatable bonds is 4. The first kappa shape index (κ1) is 16.6. The minimum atomic E-state index is -0.314. The summed E-state index contributed by atoms with van der Waals surface area (Å²) in [5, 5.41) is 9.65.